The lowest BCUT2D eigenvalue weighted by Gasteiger charge is -2.25. The minimum absolute atomic E-state index is 0.0953. The minimum atomic E-state index is -0.0953. The molecule has 106 valence electrons. The van der Waals surface area contributed by atoms with Gasteiger partial charge in [0.1, 0.15) is 17.5 Å². The standard InChI is InChI=1S/C14H24N4O/c1-2-3-13-17-12(15)8-14(18-13)16-9-10-4-6-11(19)7-5-10/h8,10-11,19H,2-7,9H2,1H3,(H3,15,16,17,18). The molecule has 19 heavy (non-hydrogen) atoms. The van der Waals surface area contributed by atoms with Gasteiger partial charge in [0.2, 0.25) is 0 Å². The Bertz CT molecular complexity index is 402. The fraction of sp³-hybridized carbons (Fsp3) is 0.714. The average Bonchev–Trinajstić information content (AvgIpc) is 2.38. The lowest BCUT2D eigenvalue weighted by molar-refractivity contribution is 0.111. The predicted molar refractivity (Wildman–Crippen MR) is 76.9 cm³/mol. The molecule has 0 spiro atoms. The number of hydrogen-bond acceptors (Lipinski definition) is 5. The van der Waals surface area contributed by atoms with Gasteiger partial charge in [-0.3, -0.25) is 0 Å². The van der Waals surface area contributed by atoms with Crippen LogP contribution in [0.3, 0.4) is 0 Å². The Hall–Kier alpha value is -1.36. The molecule has 1 heterocycles. The summed E-state index contributed by atoms with van der Waals surface area (Å²) in [6, 6.07) is 1.79. The Labute approximate surface area is 114 Å². The highest BCUT2D eigenvalue weighted by Crippen LogP contribution is 2.24. The van der Waals surface area contributed by atoms with Crippen LogP contribution in [0.4, 0.5) is 11.6 Å². The molecule has 1 fully saturated rings. The highest BCUT2D eigenvalue weighted by Gasteiger charge is 2.19. The van der Waals surface area contributed by atoms with Crippen LogP contribution in [0.25, 0.3) is 0 Å². The molecule has 1 aromatic heterocycles. The summed E-state index contributed by atoms with van der Waals surface area (Å²) in [5, 5.41) is 12.8. The van der Waals surface area contributed by atoms with E-state index in [1.807, 2.05) is 0 Å². The summed E-state index contributed by atoms with van der Waals surface area (Å²) in [7, 11) is 0. The Morgan fingerprint density at radius 1 is 1.32 bits per heavy atom. The first-order valence-corrected chi connectivity index (χ1v) is 7.22. The molecule has 0 aliphatic heterocycles. The molecule has 4 N–H and O–H groups in total. The summed E-state index contributed by atoms with van der Waals surface area (Å²) < 4.78 is 0. The molecule has 2 rings (SSSR count). The average molecular weight is 264 g/mol. The van der Waals surface area contributed by atoms with Gasteiger partial charge in [0.15, 0.2) is 0 Å². The normalized spacial score (nSPS) is 23.3. The fourth-order valence-electron chi connectivity index (χ4n) is 2.54. The van der Waals surface area contributed by atoms with Crippen LogP contribution < -0.4 is 11.1 Å². The zero-order valence-electron chi connectivity index (χ0n) is 11.6. The van der Waals surface area contributed by atoms with Crippen molar-refractivity contribution >= 4 is 11.6 Å². The van der Waals surface area contributed by atoms with E-state index in [1.54, 1.807) is 6.07 Å². The van der Waals surface area contributed by atoms with Crippen molar-refractivity contribution < 1.29 is 5.11 Å². The Balaban J connectivity index is 1.88. The molecule has 0 amide bonds. The molecule has 0 atom stereocenters. The molecule has 0 unspecified atom stereocenters. The third-order valence-corrected chi connectivity index (χ3v) is 3.65. The number of nitrogens with two attached hydrogens (primary N) is 1. The van der Waals surface area contributed by atoms with Crippen LogP contribution >= 0.6 is 0 Å². The van der Waals surface area contributed by atoms with Gasteiger partial charge in [-0.05, 0) is 38.0 Å². The first-order valence-electron chi connectivity index (χ1n) is 7.22. The van der Waals surface area contributed by atoms with Gasteiger partial charge < -0.3 is 16.2 Å². The van der Waals surface area contributed by atoms with E-state index in [-0.39, 0.29) is 6.10 Å². The molecule has 1 aliphatic carbocycles. The number of aliphatic hydroxyl groups excluding tert-OH is 1. The van der Waals surface area contributed by atoms with E-state index in [0.29, 0.717) is 11.7 Å². The van der Waals surface area contributed by atoms with E-state index < -0.39 is 0 Å². The minimum Gasteiger partial charge on any atom is -0.393 e. The third-order valence-electron chi connectivity index (χ3n) is 3.65. The Kier molecular flexibility index (Phi) is 4.96. The smallest absolute Gasteiger partial charge is 0.133 e. The molecule has 1 aromatic rings. The van der Waals surface area contributed by atoms with E-state index in [9.17, 15) is 5.11 Å². The summed E-state index contributed by atoms with van der Waals surface area (Å²) >= 11 is 0. The lowest BCUT2D eigenvalue weighted by Crippen LogP contribution is -2.24. The van der Waals surface area contributed by atoms with Crippen molar-refractivity contribution in [3.63, 3.8) is 0 Å². The number of nitrogens with zero attached hydrogens (tertiary/aromatic N) is 2. The van der Waals surface area contributed by atoms with E-state index in [2.05, 4.69) is 22.2 Å². The van der Waals surface area contributed by atoms with Gasteiger partial charge in [-0.15, -0.1) is 0 Å². The van der Waals surface area contributed by atoms with Crippen molar-refractivity contribution in [3.8, 4) is 0 Å². The number of aryl methyl sites for hydroxylation is 1. The topological polar surface area (TPSA) is 84.1 Å². The van der Waals surface area contributed by atoms with E-state index in [4.69, 9.17) is 5.73 Å². The van der Waals surface area contributed by atoms with Crippen LogP contribution in [-0.4, -0.2) is 27.7 Å². The highest BCUT2D eigenvalue weighted by molar-refractivity contribution is 5.44. The molecule has 5 heteroatoms. The van der Waals surface area contributed by atoms with E-state index in [0.717, 1.165) is 56.7 Å². The van der Waals surface area contributed by atoms with Gasteiger partial charge in [-0.1, -0.05) is 6.92 Å². The Morgan fingerprint density at radius 3 is 2.74 bits per heavy atom. The van der Waals surface area contributed by atoms with Crippen molar-refractivity contribution in [2.45, 2.75) is 51.6 Å². The molecule has 0 radical (unpaired) electrons. The zero-order chi connectivity index (χ0) is 13.7. The molecule has 0 saturated heterocycles. The molecule has 1 saturated carbocycles. The van der Waals surface area contributed by atoms with Crippen LogP contribution in [0.5, 0.6) is 0 Å². The first kappa shape index (κ1) is 14.1. The van der Waals surface area contributed by atoms with Crippen molar-refractivity contribution in [3.05, 3.63) is 11.9 Å². The molecule has 1 aliphatic rings. The second-order valence-electron chi connectivity index (χ2n) is 5.40. The van der Waals surface area contributed by atoms with Gasteiger partial charge in [-0.25, -0.2) is 9.97 Å². The van der Waals surface area contributed by atoms with Crippen LogP contribution in [-0.2, 0) is 6.42 Å². The molecule has 5 nitrogen and oxygen atoms in total. The predicted octanol–water partition coefficient (Wildman–Crippen LogP) is 1.97. The van der Waals surface area contributed by atoms with Gasteiger partial charge in [0.05, 0.1) is 6.10 Å². The summed E-state index contributed by atoms with van der Waals surface area (Å²) in [4.78, 5) is 8.69. The quantitative estimate of drug-likeness (QED) is 0.757. The van der Waals surface area contributed by atoms with Crippen molar-refractivity contribution in [2.24, 2.45) is 5.92 Å². The number of rotatable bonds is 5. The van der Waals surface area contributed by atoms with Crippen molar-refractivity contribution in [1.29, 1.82) is 0 Å². The maximum Gasteiger partial charge on any atom is 0.133 e. The van der Waals surface area contributed by atoms with Gasteiger partial charge in [-0.2, -0.15) is 0 Å². The third kappa shape index (κ3) is 4.35. The molecular weight excluding hydrogens is 240 g/mol. The molecule has 0 bridgehead atoms. The van der Waals surface area contributed by atoms with Gasteiger partial charge >= 0.3 is 0 Å². The summed E-state index contributed by atoms with van der Waals surface area (Å²) in [5.74, 6) is 2.78. The lowest BCUT2D eigenvalue weighted by atomic mass is 9.87. The first-order chi connectivity index (χ1) is 9.17. The van der Waals surface area contributed by atoms with Crippen LogP contribution in [0, 0.1) is 5.92 Å². The molecular formula is C14H24N4O. The molecule has 0 aromatic carbocycles. The van der Waals surface area contributed by atoms with Crippen molar-refractivity contribution in [1.82, 2.24) is 9.97 Å². The summed E-state index contributed by atoms with van der Waals surface area (Å²) in [6.45, 7) is 3.00. The van der Waals surface area contributed by atoms with Crippen LogP contribution in [0.2, 0.25) is 0 Å². The van der Waals surface area contributed by atoms with Crippen LogP contribution in [0.1, 0.15) is 44.9 Å². The number of nitrogen functional groups attached to an aromatic ring is 1. The van der Waals surface area contributed by atoms with Crippen molar-refractivity contribution in [2.75, 3.05) is 17.6 Å². The number of anilines is 2. The van der Waals surface area contributed by atoms with E-state index >= 15 is 0 Å². The SMILES string of the molecule is CCCc1nc(N)cc(NCC2CCC(O)CC2)n1. The monoisotopic (exact) mass is 264 g/mol. The van der Waals surface area contributed by atoms with Gasteiger partial charge in [0, 0.05) is 19.0 Å². The second-order valence-corrected chi connectivity index (χ2v) is 5.40. The number of nitrogens with one attached hydrogen (secondary N) is 1. The zero-order valence-corrected chi connectivity index (χ0v) is 11.6. The fourth-order valence-corrected chi connectivity index (χ4v) is 2.54. The second kappa shape index (κ2) is 6.70. The largest absolute Gasteiger partial charge is 0.393 e. The number of aromatic nitrogens is 2. The number of hydrogen-bond donors (Lipinski definition) is 3. The van der Waals surface area contributed by atoms with Crippen LogP contribution in [0.15, 0.2) is 6.07 Å². The maximum absolute atomic E-state index is 9.49. The maximum atomic E-state index is 9.49. The summed E-state index contributed by atoms with van der Waals surface area (Å²) in [6.07, 6.45) is 5.77. The Morgan fingerprint density at radius 2 is 2.05 bits per heavy atom. The van der Waals surface area contributed by atoms with Gasteiger partial charge in [0.25, 0.3) is 0 Å². The number of aliphatic hydroxyl groups is 1. The van der Waals surface area contributed by atoms with E-state index in [1.165, 1.54) is 0 Å². The summed E-state index contributed by atoms with van der Waals surface area (Å²) in [5.41, 5.74) is 5.79. The highest BCUT2D eigenvalue weighted by atomic mass is 16.3.